The fourth-order valence-corrected chi connectivity index (χ4v) is 2.75. The molecule has 1 aromatic carbocycles. The summed E-state index contributed by atoms with van der Waals surface area (Å²) in [5.41, 5.74) is 4.19. The van der Waals surface area contributed by atoms with Gasteiger partial charge in [-0.3, -0.25) is 4.79 Å². The van der Waals surface area contributed by atoms with E-state index in [0.717, 1.165) is 32.4 Å². The van der Waals surface area contributed by atoms with Crippen LogP contribution in [0.4, 0.5) is 5.69 Å². The Labute approximate surface area is 108 Å². The molecule has 3 nitrogen and oxygen atoms in total. The summed E-state index contributed by atoms with van der Waals surface area (Å²) in [4.78, 5) is 13.0. The summed E-state index contributed by atoms with van der Waals surface area (Å²) in [6.07, 6.45) is 4.36. The zero-order valence-electron chi connectivity index (χ0n) is 11.0. The normalized spacial score (nSPS) is 14.4. The molecule has 0 aliphatic carbocycles. The number of aliphatic carboxylic acids is 1. The second-order valence-electron chi connectivity index (χ2n) is 4.87. The number of carboxylic acids is 1. The average molecular weight is 247 g/mol. The molecule has 18 heavy (non-hydrogen) atoms. The van der Waals surface area contributed by atoms with Crippen molar-refractivity contribution in [1.29, 1.82) is 0 Å². The van der Waals surface area contributed by atoms with Crippen LogP contribution in [0.15, 0.2) is 18.2 Å². The Hall–Kier alpha value is -1.51. The molecule has 0 unspecified atom stereocenters. The summed E-state index contributed by atoms with van der Waals surface area (Å²) < 4.78 is 0. The van der Waals surface area contributed by atoms with Crippen LogP contribution in [0.2, 0.25) is 0 Å². The molecular formula is C15H21NO2. The first kappa shape index (κ1) is 12.9. The van der Waals surface area contributed by atoms with Crippen LogP contribution >= 0.6 is 0 Å². The van der Waals surface area contributed by atoms with E-state index in [9.17, 15) is 4.79 Å². The fourth-order valence-electron chi connectivity index (χ4n) is 2.75. The Balaban J connectivity index is 2.13. The van der Waals surface area contributed by atoms with Gasteiger partial charge in [-0.1, -0.05) is 25.1 Å². The third-order valence-corrected chi connectivity index (χ3v) is 3.59. The molecule has 0 fully saturated rings. The molecule has 0 spiro atoms. The molecule has 98 valence electrons. The lowest BCUT2D eigenvalue weighted by atomic mass is 9.96. The highest BCUT2D eigenvalue weighted by molar-refractivity contribution is 5.67. The molecule has 2 rings (SSSR count). The lowest BCUT2D eigenvalue weighted by Gasteiger charge is -2.33. The van der Waals surface area contributed by atoms with Crippen LogP contribution in [0.1, 0.15) is 37.3 Å². The Kier molecular flexibility index (Phi) is 4.24. The maximum absolute atomic E-state index is 10.6. The van der Waals surface area contributed by atoms with E-state index in [-0.39, 0.29) is 6.42 Å². The molecule has 0 amide bonds. The van der Waals surface area contributed by atoms with Gasteiger partial charge in [0.05, 0.1) is 0 Å². The van der Waals surface area contributed by atoms with Gasteiger partial charge in [-0.2, -0.15) is 0 Å². The van der Waals surface area contributed by atoms with Crippen molar-refractivity contribution in [3.8, 4) is 0 Å². The Morgan fingerprint density at radius 2 is 2.28 bits per heavy atom. The number of carbonyl (C=O) groups is 1. The first-order valence-electron chi connectivity index (χ1n) is 6.80. The number of hydrogen-bond acceptors (Lipinski definition) is 2. The van der Waals surface area contributed by atoms with E-state index in [0.29, 0.717) is 0 Å². The second-order valence-corrected chi connectivity index (χ2v) is 4.87. The number of rotatable bonds is 5. The summed E-state index contributed by atoms with van der Waals surface area (Å²) in [6, 6.07) is 6.53. The van der Waals surface area contributed by atoms with Gasteiger partial charge in [0.2, 0.25) is 0 Å². The SMILES string of the molecule is CCc1cccc2c1N(CCCC(=O)O)CCC2. The van der Waals surface area contributed by atoms with Gasteiger partial charge in [0.15, 0.2) is 0 Å². The van der Waals surface area contributed by atoms with Gasteiger partial charge >= 0.3 is 5.97 Å². The molecule has 1 aromatic rings. The van der Waals surface area contributed by atoms with Crippen molar-refractivity contribution in [2.75, 3.05) is 18.0 Å². The smallest absolute Gasteiger partial charge is 0.303 e. The van der Waals surface area contributed by atoms with Gasteiger partial charge in [-0.25, -0.2) is 0 Å². The van der Waals surface area contributed by atoms with Gasteiger partial charge in [-0.05, 0) is 36.8 Å². The summed E-state index contributed by atoms with van der Waals surface area (Å²) >= 11 is 0. The third-order valence-electron chi connectivity index (χ3n) is 3.59. The van der Waals surface area contributed by atoms with Crippen LogP contribution < -0.4 is 4.90 Å². The van der Waals surface area contributed by atoms with E-state index < -0.39 is 5.97 Å². The molecule has 0 saturated carbocycles. The molecule has 1 N–H and O–H groups in total. The summed E-state index contributed by atoms with van der Waals surface area (Å²) in [6.45, 7) is 4.10. The largest absolute Gasteiger partial charge is 0.481 e. The highest BCUT2D eigenvalue weighted by Gasteiger charge is 2.19. The molecule has 0 saturated heterocycles. The van der Waals surface area contributed by atoms with Crippen molar-refractivity contribution >= 4 is 11.7 Å². The van der Waals surface area contributed by atoms with Crippen LogP contribution in [0.5, 0.6) is 0 Å². The molecule has 1 heterocycles. The fraction of sp³-hybridized carbons (Fsp3) is 0.533. The van der Waals surface area contributed by atoms with Crippen molar-refractivity contribution in [3.05, 3.63) is 29.3 Å². The lowest BCUT2D eigenvalue weighted by molar-refractivity contribution is -0.137. The minimum absolute atomic E-state index is 0.264. The standard InChI is InChI=1S/C15H21NO2/c1-2-12-6-3-7-13-8-4-10-16(15(12)13)11-5-9-14(17)18/h3,6-7H,2,4-5,8-11H2,1H3,(H,17,18). The van der Waals surface area contributed by atoms with E-state index in [2.05, 4.69) is 30.0 Å². The van der Waals surface area contributed by atoms with Gasteiger partial charge in [-0.15, -0.1) is 0 Å². The number of para-hydroxylation sites is 1. The predicted octanol–water partition coefficient (Wildman–Crippen LogP) is 2.87. The van der Waals surface area contributed by atoms with Crippen LogP contribution in [-0.4, -0.2) is 24.2 Å². The molecule has 3 heteroatoms. The van der Waals surface area contributed by atoms with Crippen molar-refractivity contribution in [1.82, 2.24) is 0 Å². The number of aryl methyl sites for hydroxylation is 2. The van der Waals surface area contributed by atoms with Crippen LogP contribution in [0.25, 0.3) is 0 Å². The number of carboxylic acid groups (broad SMARTS) is 1. The van der Waals surface area contributed by atoms with Crippen LogP contribution in [-0.2, 0) is 17.6 Å². The molecule has 0 bridgehead atoms. The summed E-state index contributed by atoms with van der Waals surface area (Å²) in [5.74, 6) is -0.698. The minimum atomic E-state index is -0.698. The topological polar surface area (TPSA) is 40.5 Å². The average Bonchev–Trinajstić information content (AvgIpc) is 2.37. The second kappa shape index (κ2) is 5.89. The van der Waals surface area contributed by atoms with Gasteiger partial charge in [0, 0.05) is 25.2 Å². The Morgan fingerprint density at radius 1 is 1.44 bits per heavy atom. The van der Waals surface area contributed by atoms with Gasteiger partial charge in [0.1, 0.15) is 0 Å². The lowest BCUT2D eigenvalue weighted by Crippen LogP contribution is -2.31. The number of anilines is 1. The quantitative estimate of drug-likeness (QED) is 0.869. The highest BCUT2D eigenvalue weighted by Crippen LogP contribution is 2.31. The first-order valence-corrected chi connectivity index (χ1v) is 6.80. The van der Waals surface area contributed by atoms with E-state index in [4.69, 9.17) is 5.11 Å². The third kappa shape index (κ3) is 2.84. The van der Waals surface area contributed by atoms with Gasteiger partial charge < -0.3 is 10.0 Å². The zero-order valence-corrected chi connectivity index (χ0v) is 11.0. The van der Waals surface area contributed by atoms with Crippen LogP contribution in [0, 0.1) is 0 Å². The number of fused-ring (bicyclic) bond motifs is 1. The predicted molar refractivity (Wildman–Crippen MR) is 73.2 cm³/mol. The number of hydrogen-bond donors (Lipinski definition) is 1. The van der Waals surface area contributed by atoms with Crippen molar-refractivity contribution in [3.63, 3.8) is 0 Å². The summed E-state index contributed by atoms with van der Waals surface area (Å²) in [7, 11) is 0. The first-order chi connectivity index (χ1) is 8.72. The highest BCUT2D eigenvalue weighted by atomic mass is 16.4. The number of nitrogens with zero attached hydrogens (tertiary/aromatic N) is 1. The monoisotopic (exact) mass is 247 g/mol. The van der Waals surface area contributed by atoms with Crippen molar-refractivity contribution in [2.24, 2.45) is 0 Å². The molecular weight excluding hydrogens is 226 g/mol. The molecule has 1 aliphatic rings. The van der Waals surface area contributed by atoms with E-state index in [1.165, 1.54) is 23.2 Å². The molecule has 1 aliphatic heterocycles. The number of benzene rings is 1. The van der Waals surface area contributed by atoms with Crippen molar-refractivity contribution < 1.29 is 9.90 Å². The maximum Gasteiger partial charge on any atom is 0.303 e. The Bertz CT molecular complexity index is 414. The van der Waals surface area contributed by atoms with Gasteiger partial charge in [0.25, 0.3) is 0 Å². The Morgan fingerprint density at radius 3 is 3.00 bits per heavy atom. The van der Waals surface area contributed by atoms with Crippen LogP contribution in [0.3, 0.4) is 0 Å². The maximum atomic E-state index is 10.6. The minimum Gasteiger partial charge on any atom is -0.481 e. The van der Waals surface area contributed by atoms with E-state index >= 15 is 0 Å². The molecule has 0 radical (unpaired) electrons. The van der Waals surface area contributed by atoms with Crippen molar-refractivity contribution in [2.45, 2.75) is 39.0 Å². The zero-order chi connectivity index (χ0) is 13.0. The molecule has 0 aromatic heterocycles. The summed E-state index contributed by atoms with van der Waals surface area (Å²) in [5, 5.41) is 8.72. The molecule has 0 atom stereocenters. The van der Waals surface area contributed by atoms with E-state index in [1.807, 2.05) is 0 Å². The van der Waals surface area contributed by atoms with E-state index in [1.54, 1.807) is 0 Å².